The predicted molar refractivity (Wildman–Crippen MR) is 59.7 cm³/mol. The third kappa shape index (κ3) is 4.20. The Morgan fingerprint density at radius 3 is 2.58 bits per heavy atom. The molecule has 3 nitrogen and oxygen atoms in total. The number of carbonyl (C=O) groups is 1. The summed E-state index contributed by atoms with van der Waals surface area (Å²) in [6.07, 6.45) is -4.65. The van der Waals surface area contributed by atoms with Gasteiger partial charge in [0.15, 0.2) is 0 Å². The molecule has 0 fully saturated rings. The van der Waals surface area contributed by atoms with Crippen molar-refractivity contribution in [2.75, 3.05) is 7.11 Å². The minimum Gasteiger partial charge on any atom is -0.468 e. The molecule has 0 spiro atoms. The standard InChI is InChI=1S/C12H13F4NO2/c1-7(11(18)19-2)17-6-8-3-4-9(13)5-10(8)12(14,15)16/h3-5,7,17H,6H2,1-2H3/t7-/m0/s1. The third-order valence-corrected chi connectivity index (χ3v) is 2.53. The molecule has 0 radical (unpaired) electrons. The molecule has 0 unspecified atom stereocenters. The fourth-order valence-corrected chi connectivity index (χ4v) is 1.49. The summed E-state index contributed by atoms with van der Waals surface area (Å²) >= 11 is 0. The molecule has 0 saturated heterocycles. The van der Waals surface area contributed by atoms with Gasteiger partial charge in [0.1, 0.15) is 11.9 Å². The number of methoxy groups -OCH3 is 1. The highest BCUT2D eigenvalue weighted by Crippen LogP contribution is 2.32. The van der Waals surface area contributed by atoms with Crippen LogP contribution in [-0.2, 0) is 22.3 Å². The number of rotatable bonds is 4. The number of benzene rings is 1. The molecule has 1 aromatic carbocycles. The molecule has 0 heterocycles. The normalized spacial score (nSPS) is 13.2. The molecular weight excluding hydrogens is 266 g/mol. The fourth-order valence-electron chi connectivity index (χ4n) is 1.49. The Balaban J connectivity index is 2.87. The molecule has 0 aliphatic heterocycles. The van der Waals surface area contributed by atoms with Crippen molar-refractivity contribution in [3.8, 4) is 0 Å². The van der Waals surface area contributed by atoms with Crippen molar-refractivity contribution in [3.05, 3.63) is 35.1 Å². The molecule has 1 rings (SSSR count). The Hall–Kier alpha value is -1.63. The van der Waals surface area contributed by atoms with Crippen LogP contribution < -0.4 is 5.32 Å². The Morgan fingerprint density at radius 2 is 2.05 bits per heavy atom. The SMILES string of the molecule is COC(=O)[C@H](C)NCc1ccc(F)cc1C(F)(F)F. The quantitative estimate of drug-likeness (QED) is 0.680. The number of ether oxygens (including phenoxy) is 1. The van der Waals surface area contributed by atoms with Gasteiger partial charge < -0.3 is 10.1 Å². The maximum absolute atomic E-state index is 12.9. The molecule has 0 aliphatic rings. The number of carbonyl (C=O) groups excluding carboxylic acids is 1. The Kier molecular flexibility index (Phi) is 4.88. The minimum atomic E-state index is -4.65. The van der Waals surface area contributed by atoms with Gasteiger partial charge in [0.25, 0.3) is 0 Å². The number of hydrogen-bond acceptors (Lipinski definition) is 3. The van der Waals surface area contributed by atoms with Gasteiger partial charge in [0, 0.05) is 6.54 Å². The summed E-state index contributed by atoms with van der Waals surface area (Å²) < 4.78 is 55.4. The van der Waals surface area contributed by atoms with Crippen LogP contribution in [0.25, 0.3) is 0 Å². The highest BCUT2D eigenvalue weighted by Gasteiger charge is 2.33. The molecule has 19 heavy (non-hydrogen) atoms. The minimum absolute atomic E-state index is 0.135. The van der Waals surface area contributed by atoms with Crippen LogP contribution in [0.3, 0.4) is 0 Å². The van der Waals surface area contributed by atoms with Crippen LogP contribution in [0.5, 0.6) is 0 Å². The molecule has 0 saturated carbocycles. The number of hydrogen-bond donors (Lipinski definition) is 1. The number of esters is 1. The molecular formula is C12H13F4NO2. The topological polar surface area (TPSA) is 38.3 Å². The van der Waals surface area contributed by atoms with E-state index in [1.165, 1.54) is 14.0 Å². The van der Waals surface area contributed by atoms with Crippen LogP contribution in [0, 0.1) is 5.82 Å². The number of halogens is 4. The maximum atomic E-state index is 12.9. The van der Waals surface area contributed by atoms with E-state index in [1.807, 2.05) is 0 Å². The Morgan fingerprint density at radius 1 is 1.42 bits per heavy atom. The van der Waals surface area contributed by atoms with E-state index in [0.717, 1.165) is 12.1 Å². The van der Waals surface area contributed by atoms with Gasteiger partial charge in [-0.25, -0.2) is 4.39 Å². The van der Waals surface area contributed by atoms with Crippen molar-refractivity contribution in [2.45, 2.75) is 25.7 Å². The van der Waals surface area contributed by atoms with Gasteiger partial charge in [-0.15, -0.1) is 0 Å². The van der Waals surface area contributed by atoms with E-state index in [1.54, 1.807) is 0 Å². The summed E-state index contributed by atoms with van der Waals surface area (Å²) in [5, 5.41) is 2.58. The average molecular weight is 279 g/mol. The van der Waals surface area contributed by atoms with E-state index >= 15 is 0 Å². The van der Waals surface area contributed by atoms with Gasteiger partial charge in [-0.3, -0.25) is 4.79 Å². The van der Waals surface area contributed by atoms with Gasteiger partial charge in [-0.1, -0.05) is 6.07 Å². The van der Waals surface area contributed by atoms with E-state index in [4.69, 9.17) is 0 Å². The smallest absolute Gasteiger partial charge is 0.416 e. The molecule has 106 valence electrons. The summed E-state index contributed by atoms with van der Waals surface area (Å²) in [4.78, 5) is 11.1. The molecule has 1 atom stereocenters. The van der Waals surface area contributed by atoms with Crippen molar-refractivity contribution in [1.82, 2.24) is 5.32 Å². The highest BCUT2D eigenvalue weighted by atomic mass is 19.4. The van der Waals surface area contributed by atoms with E-state index in [9.17, 15) is 22.4 Å². The van der Waals surface area contributed by atoms with Crippen LogP contribution in [-0.4, -0.2) is 19.1 Å². The molecule has 7 heteroatoms. The van der Waals surface area contributed by atoms with Gasteiger partial charge in [0.2, 0.25) is 0 Å². The van der Waals surface area contributed by atoms with Crippen LogP contribution in [0.15, 0.2) is 18.2 Å². The summed E-state index contributed by atoms with van der Waals surface area (Å²) in [5.41, 5.74) is -1.19. The van der Waals surface area contributed by atoms with Crippen LogP contribution in [0.1, 0.15) is 18.1 Å². The van der Waals surface area contributed by atoms with E-state index in [2.05, 4.69) is 10.1 Å². The molecule has 0 aliphatic carbocycles. The first kappa shape index (κ1) is 15.4. The molecule has 1 aromatic rings. The van der Waals surface area contributed by atoms with Gasteiger partial charge >= 0.3 is 12.1 Å². The van der Waals surface area contributed by atoms with Gasteiger partial charge in [-0.05, 0) is 24.6 Å². The average Bonchev–Trinajstić information content (AvgIpc) is 2.34. The second kappa shape index (κ2) is 6.01. The first-order chi connectivity index (χ1) is 8.75. The first-order valence-electron chi connectivity index (χ1n) is 5.42. The summed E-state index contributed by atoms with van der Waals surface area (Å²) in [7, 11) is 1.18. The van der Waals surface area contributed by atoms with Crippen molar-refractivity contribution in [2.24, 2.45) is 0 Å². The number of nitrogens with one attached hydrogen (secondary N) is 1. The molecule has 0 bridgehead atoms. The second-order valence-electron chi connectivity index (χ2n) is 3.92. The molecule has 0 amide bonds. The molecule has 0 aromatic heterocycles. The maximum Gasteiger partial charge on any atom is 0.416 e. The van der Waals surface area contributed by atoms with Crippen LogP contribution in [0.2, 0.25) is 0 Å². The Bertz CT molecular complexity index is 460. The monoisotopic (exact) mass is 279 g/mol. The largest absolute Gasteiger partial charge is 0.468 e. The summed E-state index contributed by atoms with van der Waals surface area (Å²) in [6.45, 7) is 1.24. The van der Waals surface area contributed by atoms with Gasteiger partial charge in [-0.2, -0.15) is 13.2 Å². The number of alkyl halides is 3. The van der Waals surface area contributed by atoms with Crippen LogP contribution in [0.4, 0.5) is 17.6 Å². The summed E-state index contributed by atoms with van der Waals surface area (Å²) in [6, 6.07) is 1.65. The van der Waals surface area contributed by atoms with Crippen molar-refractivity contribution in [3.63, 3.8) is 0 Å². The van der Waals surface area contributed by atoms with E-state index in [-0.39, 0.29) is 12.1 Å². The van der Waals surface area contributed by atoms with Gasteiger partial charge in [0.05, 0.1) is 12.7 Å². The molecule has 1 N–H and O–H groups in total. The Labute approximate surface area is 107 Å². The lowest BCUT2D eigenvalue weighted by Crippen LogP contribution is -2.34. The zero-order chi connectivity index (χ0) is 14.6. The van der Waals surface area contributed by atoms with E-state index in [0.29, 0.717) is 6.07 Å². The van der Waals surface area contributed by atoms with E-state index < -0.39 is 29.6 Å². The third-order valence-electron chi connectivity index (χ3n) is 2.53. The van der Waals surface area contributed by atoms with Crippen molar-refractivity contribution < 1.29 is 27.1 Å². The zero-order valence-electron chi connectivity index (χ0n) is 10.3. The zero-order valence-corrected chi connectivity index (χ0v) is 10.3. The second-order valence-corrected chi connectivity index (χ2v) is 3.92. The predicted octanol–water partition coefficient (Wildman–Crippen LogP) is 2.50. The fraction of sp³-hybridized carbons (Fsp3) is 0.417. The lowest BCUT2D eigenvalue weighted by molar-refractivity contribution is -0.142. The lowest BCUT2D eigenvalue weighted by Gasteiger charge is -2.15. The van der Waals surface area contributed by atoms with Crippen molar-refractivity contribution >= 4 is 5.97 Å². The first-order valence-corrected chi connectivity index (χ1v) is 5.42. The highest BCUT2D eigenvalue weighted by molar-refractivity contribution is 5.75. The summed E-state index contributed by atoms with van der Waals surface area (Å²) in [5.74, 6) is -1.55. The lowest BCUT2D eigenvalue weighted by atomic mass is 10.1. The van der Waals surface area contributed by atoms with Crippen LogP contribution >= 0.6 is 0 Å². The van der Waals surface area contributed by atoms with Crippen molar-refractivity contribution in [1.29, 1.82) is 0 Å².